The average Bonchev–Trinajstić information content (AvgIpc) is 2.26. The van der Waals surface area contributed by atoms with Gasteiger partial charge in [-0.3, -0.25) is 0 Å². The number of aliphatic hydroxyl groups is 1. The van der Waals surface area contributed by atoms with Crippen molar-refractivity contribution in [2.45, 2.75) is 6.42 Å². The lowest BCUT2D eigenvalue weighted by Crippen LogP contribution is -2.27. The summed E-state index contributed by atoms with van der Waals surface area (Å²) in [6, 6.07) is 6.38. The van der Waals surface area contributed by atoms with Gasteiger partial charge in [0.05, 0.1) is 18.1 Å². The van der Waals surface area contributed by atoms with Crippen LogP contribution in [0.2, 0.25) is 0 Å². The number of halogens is 1. The minimum atomic E-state index is -0.215. The van der Waals surface area contributed by atoms with Crippen LogP contribution in [-0.4, -0.2) is 21.7 Å². The molecule has 1 aromatic carbocycles. The minimum Gasteiger partial charge on any atom is -0.772 e. The molecule has 1 aromatic heterocycles. The third kappa shape index (κ3) is 1.98. The van der Waals surface area contributed by atoms with Gasteiger partial charge in [0.1, 0.15) is 5.52 Å². The Morgan fingerprint density at radius 2 is 2.12 bits per heavy atom. The molecule has 16 heavy (non-hydrogen) atoms. The summed E-state index contributed by atoms with van der Waals surface area (Å²) in [5.74, 6) is 0.0196. The van der Waals surface area contributed by atoms with Gasteiger partial charge in [0.2, 0.25) is 5.52 Å². The molecule has 0 amide bonds. The van der Waals surface area contributed by atoms with Crippen molar-refractivity contribution in [1.82, 2.24) is 9.94 Å². The molecule has 1 N–H and O–H groups in total. The molecule has 6 nitrogen and oxygen atoms in total. The average molecular weight is 244 g/mol. The van der Waals surface area contributed by atoms with Gasteiger partial charge in [-0.15, -0.1) is 12.4 Å². The predicted molar refractivity (Wildman–Crippen MR) is 59.9 cm³/mol. The van der Waals surface area contributed by atoms with Crippen LogP contribution in [0.4, 0.5) is 0 Å². The molecule has 0 unspecified atom stereocenters. The summed E-state index contributed by atoms with van der Waals surface area (Å²) in [6.45, 7) is -0.215. The standard InChI is InChI=1S/C9H9N3O3.ClH/c13-6-5-9-10-12(15)8-4-2-1-3-7(8)11(9)14;/h1-4,13H,5-6H2;1H. The number of hydrogen-bond donors (Lipinski definition) is 1. The van der Waals surface area contributed by atoms with Gasteiger partial charge in [0.25, 0.3) is 0 Å². The number of aliphatic hydroxyl groups excluding tert-OH is 1. The zero-order valence-corrected chi connectivity index (χ0v) is 9.05. The molecule has 7 heteroatoms. The van der Waals surface area contributed by atoms with E-state index in [1.807, 2.05) is 0 Å². The van der Waals surface area contributed by atoms with Crippen molar-refractivity contribution in [2.75, 3.05) is 6.61 Å². The van der Waals surface area contributed by atoms with Gasteiger partial charge in [-0.25, -0.2) is 0 Å². The van der Waals surface area contributed by atoms with Crippen molar-refractivity contribution in [1.29, 1.82) is 0 Å². The fourth-order valence-corrected chi connectivity index (χ4v) is 1.39. The highest BCUT2D eigenvalue weighted by Gasteiger charge is 2.15. The first kappa shape index (κ1) is 12.4. The zero-order chi connectivity index (χ0) is 10.8. The Kier molecular flexibility index (Phi) is 3.81. The van der Waals surface area contributed by atoms with Crippen LogP contribution >= 0.6 is 12.4 Å². The maximum atomic E-state index is 11.7. The number of aromatic nitrogens is 3. The first-order valence-corrected chi connectivity index (χ1v) is 4.46. The van der Waals surface area contributed by atoms with Crippen molar-refractivity contribution in [3.63, 3.8) is 0 Å². The van der Waals surface area contributed by atoms with Crippen molar-refractivity contribution >= 4 is 23.4 Å². The Morgan fingerprint density at radius 3 is 2.81 bits per heavy atom. The minimum absolute atomic E-state index is 0. The summed E-state index contributed by atoms with van der Waals surface area (Å²) in [5.41, 5.74) is 0.472. The van der Waals surface area contributed by atoms with Crippen LogP contribution in [0.5, 0.6) is 0 Å². The largest absolute Gasteiger partial charge is 0.772 e. The lowest BCUT2D eigenvalue weighted by Gasteiger charge is -2.05. The van der Waals surface area contributed by atoms with Gasteiger partial charge in [-0.2, -0.15) is 4.85 Å². The molecule has 0 spiro atoms. The molecule has 0 radical (unpaired) electrons. The molecule has 1 heterocycles. The first-order valence-electron chi connectivity index (χ1n) is 4.46. The van der Waals surface area contributed by atoms with Gasteiger partial charge in [-0.1, -0.05) is 17.0 Å². The molecular weight excluding hydrogens is 234 g/mol. The zero-order valence-electron chi connectivity index (χ0n) is 8.24. The van der Waals surface area contributed by atoms with Crippen LogP contribution in [0, 0.1) is 10.1 Å². The van der Waals surface area contributed by atoms with E-state index in [-0.39, 0.29) is 42.3 Å². The molecule has 0 saturated carbocycles. The lowest BCUT2D eigenvalue weighted by atomic mass is 10.3. The summed E-state index contributed by atoms with van der Waals surface area (Å²) in [4.78, 5) is 12.1. The molecule has 0 atom stereocenters. The molecule has 0 fully saturated rings. The number of para-hydroxylation sites is 2. The van der Waals surface area contributed by atoms with Crippen LogP contribution < -0.4 is 4.43 Å². The molecule has 86 valence electrons. The smallest absolute Gasteiger partial charge is 0.369 e. The van der Waals surface area contributed by atoms with Gasteiger partial charge >= 0.3 is 5.82 Å². The topological polar surface area (TPSA) is 84.1 Å². The van der Waals surface area contributed by atoms with Gasteiger partial charge < -0.3 is 10.3 Å². The molecular formula is C9H10ClN3O3. The molecule has 0 aliphatic heterocycles. The monoisotopic (exact) mass is 243 g/mol. The Hall–Kier alpha value is -1.66. The molecule has 0 aliphatic carbocycles. The summed E-state index contributed by atoms with van der Waals surface area (Å²) in [6.07, 6.45) is 0.0660. The maximum Gasteiger partial charge on any atom is 0.369 e. The van der Waals surface area contributed by atoms with Crippen molar-refractivity contribution < 1.29 is 9.53 Å². The Bertz CT molecular complexity index is 555. The summed E-state index contributed by atoms with van der Waals surface area (Å²) < 4.78 is 0.569. The summed E-state index contributed by atoms with van der Waals surface area (Å²) >= 11 is 0. The van der Waals surface area contributed by atoms with Crippen LogP contribution in [0.15, 0.2) is 24.3 Å². The van der Waals surface area contributed by atoms with E-state index < -0.39 is 0 Å². The van der Waals surface area contributed by atoms with E-state index in [2.05, 4.69) is 5.10 Å². The molecule has 0 aliphatic rings. The SMILES string of the molecule is Cl.O=[n+]1c(CCO)nn([O-])c2ccccc21. The Balaban J connectivity index is 0.00000128. The predicted octanol–water partition coefficient (Wildman–Crippen LogP) is 0.253. The Labute approximate surface area is 96.7 Å². The maximum absolute atomic E-state index is 11.7. The highest BCUT2D eigenvalue weighted by atomic mass is 35.5. The van der Waals surface area contributed by atoms with Crippen molar-refractivity contribution in [3.8, 4) is 0 Å². The van der Waals surface area contributed by atoms with Gasteiger partial charge in [0, 0.05) is 4.43 Å². The van der Waals surface area contributed by atoms with E-state index in [0.29, 0.717) is 9.27 Å². The van der Waals surface area contributed by atoms with E-state index in [9.17, 15) is 10.1 Å². The van der Waals surface area contributed by atoms with Crippen LogP contribution in [0.1, 0.15) is 5.82 Å². The summed E-state index contributed by atoms with van der Waals surface area (Å²) in [7, 11) is 0. The van der Waals surface area contributed by atoms with Crippen LogP contribution in [0.25, 0.3) is 11.0 Å². The highest BCUT2D eigenvalue weighted by molar-refractivity contribution is 5.85. The fraction of sp³-hybridized carbons (Fsp3) is 0.222. The second kappa shape index (κ2) is 4.91. The van der Waals surface area contributed by atoms with E-state index in [0.717, 1.165) is 0 Å². The van der Waals surface area contributed by atoms with E-state index in [1.54, 1.807) is 18.2 Å². The van der Waals surface area contributed by atoms with Crippen molar-refractivity contribution in [3.05, 3.63) is 40.2 Å². The van der Waals surface area contributed by atoms with E-state index >= 15 is 0 Å². The lowest BCUT2D eigenvalue weighted by molar-refractivity contribution is -0.480. The normalized spacial score (nSPS) is 10.1. The molecule has 2 rings (SSSR count). The van der Waals surface area contributed by atoms with E-state index in [1.165, 1.54) is 6.07 Å². The first-order chi connectivity index (χ1) is 7.24. The van der Waals surface area contributed by atoms with Crippen LogP contribution in [0.3, 0.4) is 0 Å². The quantitative estimate of drug-likeness (QED) is 0.767. The number of benzene rings is 1. The highest BCUT2D eigenvalue weighted by Crippen LogP contribution is 2.06. The van der Waals surface area contributed by atoms with Crippen LogP contribution in [-0.2, 0) is 6.42 Å². The number of rotatable bonds is 2. The number of hydrogen-bond acceptors (Lipinski definition) is 4. The number of nitrogens with zero attached hydrogens (tertiary/aromatic N) is 3. The van der Waals surface area contributed by atoms with E-state index in [4.69, 9.17) is 5.11 Å². The Morgan fingerprint density at radius 1 is 1.44 bits per heavy atom. The van der Waals surface area contributed by atoms with Gasteiger partial charge in [0.15, 0.2) is 0 Å². The number of fused-ring (bicyclic) bond motifs is 1. The fourth-order valence-electron chi connectivity index (χ4n) is 1.39. The molecule has 0 bridgehead atoms. The van der Waals surface area contributed by atoms with Gasteiger partial charge in [-0.05, 0) is 12.1 Å². The van der Waals surface area contributed by atoms with Crippen molar-refractivity contribution in [2.24, 2.45) is 0 Å². The second-order valence-corrected chi connectivity index (χ2v) is 3.05. The molecule has 0 saturated heterocycles. The third-order valence-electron chi connectivity index (χ3n) is 2.08. The second-order valence-electron chi connectivity index (χ2n) is 3.05. The summed E-state index contributed by atoms with van der Waals surface area (Å²) in [5, 5.41) is 23.6. The third-order valence-corrected chi connectivity index (χ3v) is 2.08. The molecule has 2 aromatic rings.